The van der Waals surface area contributed by atoms with Crippen LogP contribution in [-0.2, 0) is 0 Å². The normalized spacial score (nSPS) is 11.7. The van der Waals surface area contributed by atoms with Crippen LogP contribution in [0, 0.1) is 0 Å². The Labute approximate surface area is 310 Å². The van der Waals surface area contributed by atoms with Gasteiger partial charge < -0.3 is 8.98 Å². The lowest BCUT2D eigenvalue weighted by Gasteiger charge is -2.12. The van der Waals surface area contributed by atoms with E-state index in [0.29, 0.717) is 17.5 Å². The average molecular weight is 691 g/mol. The molecule has 0 aliphatic carbocycles. The van der Waals surface area contributed by atoms with E-state index in [1.165, 1.54) is 21.5 Å². The van der Waals surface area contributed by atoms with E-state index in [9.17, 15) is 0 Å². The summed E-state index contributed by atoms with van der Waals surface area (Å²) in [6.45, 7) is 0. The molecule has 0 aliphatic rings. The number of para-hydroxylation sites is 2. The molecule has 0 unspecified atom stereocenters. The second kappa shape index (κ2) is 12.1. The van der Waals surface area contributed by atoms with E-state index in [0.717, 1.165) is 66.5 Å². The quantitative estimate of drug-likeness (QED) is 0.180. The molecule has 5 heteroatoms. The Hall–Kier alpha value is -7.37. The van der Waals surface area contributed by atoms with Crippen molar-refractivity contribution >= 4 is 54.5 Å². The summed E-state index contributed by atoms with van der Waals surface area (Å²) in [5, 5.41) is 6.91. The van der Waals surface area contributed by atoms with Crippen molar-refractivity contribution in [3.05, 3.63) is 182 Å². The highest BCUT2D eigenvalue weighted by Gasteiger charge is 2.22. The van der Waals surface area contributed by atoms with Gasteiger partial charge in [0.15, 0.2) is 23.1 Å². The van der Waals surface area contributed by atoms with Crippen LogP contribution >= 0.6 is 0 Å². The van der Waals surface area contributed by atoms with Crippen molar-refractivity contribution in [3.8, 4) is 51.0 Å². The molecule has 0 fully saturated rings. The maximum atomic E-state index is 7.05. The van der Waals surface area contributed by atoms with Crippen molar-refractivity contribution < 1.29 is 4.42 Å². The van der Waals surface area contributed by atoms with Gasteiger partial charge >= 0.3 is 0 Å². The molecule has 0 N–H and O–H groups in total. The summed E-state index contributed by atoms with van der Waals surface area (Å²) in [6.07, 6.45) is 0. The van der Waals surface area contributed by atoms with Crippen LogP contribution in [0.5, 0.6) is 0 Å². The predicted octanol–water partition coefficient (Wildman–Crippen LogP) is 12.7. The van der Waals surface area contributed by atoms with Crippen molar-refractivity contribution in [1.29, 1.82) is 0 Å². The molecule has 0 atom stereocenters. The first-order chi connectivity index (χ1) is 26.8. The number of nitrogens with zero attached hydrogens (tertiary/aromatic N) is 4. The van der Waals surface area contributed by atoms with Crippen LogP contribution in [-0.4, -0.2) is 19.5 Å². The topological polar surface area (TPSA) is 56.7 Å². The minimum atomic E-state index is 0.586. The van der Waals surface area contributed by atoms with E-state index in [-0.39, 0.29) is 0 Å². The Bertz CT molecular complexity index is 3110. The molecule has 11 aromatic rings. The minimum Gasteiger partial charge on any atom is -0.454 e. The molecular weight excluding hydrogens is 661 g/mol. The van der Waals surface area contributed by atoms with Gasteiger partial charge in [-0.1, -0.05) is 146 Å². The summed E-state index contributed by atoms with van der Waals surface area (Å²) >= 11 is 0. The van der Waals surface area contributed by atoms with Gasteiger partial charge in [-0.15, -0.1) is 0 Å². The third-order valence-corrected chi connectivity index (χ3v) is 10.4. The molecule has 54 heavy (non-hydrogen) atoms. The maximum absolute atomic E-state index is 7.05. The minimum absolute atomic E-state index is 0.586. The lowest BCUT2D eigenvalue weighted by Crippen LogP contribution is -2.00. The first-order valence-electron chi connectivity index (χ1n) is 18.1. The molecule has 0 aliphatic heterocycles. The van der Waals surface area contributed by atoms with E-state index in [1.54, 1.807) is 0 Å². The zero-order valence-electron chi connectivity index (χ0n) is 29.0. The monoisotopic (exact) mass is 690 g/mol. The summed E-state index contributed by atoms with van der Waals surface area (Å²) in [6, 6.07) is 63.3. The summed E-state index contributed by atoms with van der Waals surface area (Å²) < 4.78 is 9.39. The van der Waals surface area contributed by atoms with Crippen molar-refractivity contribution in [1.82, 2.24) is 19.5 Å². The number of rotatable bonds is 5. The number of hydrogen-bond donors (Lipinski definition) is 0. The molecule has 5 nitrogen and oxygen atoms in total. The third-order valence-electron chi connectivity index (χ3n) is 10.4. The van der Waals surface area contributed by atoms with Crippen LogP contribution in [0.2, 0.25) is 0 Å². The number of aromatic nitrogens is 4. The lowest BCUT2D eigenvalue weighted by atomic mass is 9.96. The average Bonchev–Trinajstić information content (AvgIpc) is 3.80. The highest BCUT2D eigenvalue weighted by Crippen LogP contribution is 2.43. The fourth-order valence-electron chi connectivity index (χ4n) is 7.90. The van der Waals surface area contributed by atoms with Gasteiger partial charge in [0.25, 0.3) is 0 Å². The molecule has 0 saturated carbocycles. The van der Waals surface area contributed by atoms with Gasteiger partial charge in [-0.3, -0.25) is 0 Å². The standard InChI is InChI=1S/C49H30N4O/c1-3-14-32(15-4-1)47-50-48(33-16-5-2-6-17-33)52-49(51-47)36-25-26-40-44(30-36)54-46-43(53-41-21-11-9-19-38(41)39-20-10-12-22-42(39)53)28-27-37(45(40)46)35-24-23-31-13-7-8-18-34(31)29-35/h1-30H. The Morgan fingerprint density at radius 3 is 1.61 bits per heavy atom. The highest BCUT2D eigenvalue weighted by molar-refractivity contribution is 6.17. The summed E-state index contributed by atoms with van der Waals surface area (Å²) in [7, 11) is 0. The van der Waals surface area contributed by atoms with Crippen LogP contribution in [0.25, 0.3) is 105 Å². The largest absolute Gasteiger partial charge is 0.454 e. The molecule has 0 spiro atoms. The van der Waals surface area contributed by atoms with Crippen LogP contribution in [0.3, 0.4) is 0 Å². The molecular formula is C49H30N4O. The molecule has 8 aromatic carbocycles. The number of furan rings is 1. The zero-order valence-corrected chi connectivity index (χ0v) is 29.0. The molecule has 0 radical (unpaired) electrons. The van der Waals surface area contributed by atoms with Crippen molar-refractivity contribution in [2.75, 3.05) is 0 Å². The molecule has 11 rings (SSSR count). The maximum Gasteiger partial charge on any atom is 0.164 e. The number of fused-ring (bicyclic) bond motifs is 7. The van der Waals surface area contributed by atoms with Crippen molar-refractivity contribution in [2.24, 2.45) is 0 Å². The molecule has 0 bridgehead atoms. The van der Waals surface area contributed by atoms with Gasteiger partial charge in [0.1, 0.15) is 5.58 Å². The van der Waals surface area contributed by atoms with Crippen LogP contribution in [0.15, 0.2) is 186 Å². The molecule has 0 saturated heterocycles. The van der Waals surface area contributed by atoms with Crippen LogP contribution < -0.4 is 0 Å². The Morgan fingerprint density at radius 2 is 0.944 bits per heavy atom. The fourth-order valence-corrected chi connectivity index (χ4v) is 7.90. The summed E-state index contributed by atoms with van der Waals surface area (Å²) in [5.74, 6) is 1.83. The number of hydrogen-bond acceptors (Lipinski definition) is 4. The third kappa shape index (κ3) is 4.83. The van der Waals surface area contributed by atoms with E-state index < -0.39 is 0 Å². The van der Waals surface area contributed by atoms with E-state index in [4.69, 9.17) is 19.4 Å². The zero-order chi connectivity index (χ0) is 35.6. The Balaban J connectivity index is 1.18. The van der Waals surface area contributed by atoms with E-state index >= 15 is 0 Å². The molecule has 3 heterocycles. The van der Waals surface area contributed by atoms with E-state index in [1.807, 2.05) is 60.7 Å². The Kier molecular flexibility index (Phi) is 6.79. The molecule has 0 amide bonds. The smallest absolute Gasteiger partial charge is 0.164 e. The van der Waals surface area contributed by atoms with Crippen LogP contribution in [0.1, 0.15) is 0 Å². The van der Waals surface area contributed by atoms with Gasteiger partial charge in [0, 0.05) is 38.2 Å². The lowest BCUT2D eigenvalue weighted by molar-refractivity contribution is 0.666. The second-order valence-electron chi connectivity index (χ2n) is 13.6. The second-order valence-corrected chi connectivity index (χ2v) is 13.6. The van der Waals surface area contributed by atoms with E-state index in [2.05, 4.69) is 126 Å². The first-order valence-corrected chi connectivity index (χ1v) is 18.1. The van der Waals surface area contributed by atoms with Gasteiger partial charge in [0.05, 0.1) is 16.7 Å². The predicted molar refractivity (Wildman–Crippen MR) is 221 cm³/mol. The van der Waals surface area contributed by atoms with Crippen LogP contribution in [0.4, 0.5) is 0 Å². The fraction of sp³-hybridized carbons (Fsp3) is 0. The molecule has 3 aromatic heterocycles. The van der Waals surface area contributed by atoms with Crippen molar-refractivity contribution in [3.63, 3.8) is 0 Å². The SMILES string of the molecule is c1ccc(-c2nc(-c3ccccc3)nc(-c3ccc4c(c3)oc3c(-n5c6ccccc6c6ccccc65)ccc(-c5ccc6ccccc6c5)c34)n2)cc1. The number of benzene rings is 8. The van der Waals surface area contributed by atoms with Gasteiger partial charge in [-0.25, -0.2) is 15.0 Å². The van der Waals surface area contributed by atoms with Gasteiger partial charge in [0.2, 0.25) is 0 Å². The van der Waals surface area contributed by atoms with Gasteiger partial charge in [-0.2, -0.15) is 0 Å². The first kappa shape index (κ1) is 30.3. The van der Waals surface area contributed by atoms with Crippen molar-refractivity contribution in [2.45, 2.75) is 0 Å². The highest BCUT2D eigenvalue weighted by atomic mass is 16.3. The summed E-state index contributed by atoms with van der Waals surface area (Å²) in [4.78, 5) is 14.9. The van der Waals surface area contributed by atoms with Gasteiger partial charge in [-0.05, 0) is 58.3 Å². The Morgan fingerprint density at radius 1 is 0.389 bits per heavy atom. The summed E-state index contributed by atoms with van der Waals surface area (Å²) in [5.41, 5.74) is 9.80. The molecule has 252 valence electrons.